The number of nitrogens with one attached hydrogen (secondary N) is 1. The standard InChI is InChI=1S/C8H12N2O2S/c11-9-7-1-2-8(13-7)10-3-5-12-6-4-10/h1-2,9,11H,3-6H2. The topological polar surface area (TPSA) is 44.7 Å². The maximum atomic E-state index is 8.67. The minimum Gasteiger partial charge on any atom is -0.378 e. The summed E-state index contributed by atoms with van der Waals surface area (Å²) in [6, 6.07) is 3.88. The second-order valence-electron chi connectivity index (χ2n) is 2.85. The number of hydrogen-bond donors (Lipinski definition) is 2. The van der Waals surface area contributed by atoms with Crippen LogP contribution in [-0.4, -0.2) is 31.5 Å². The molecule has 1 fully saturated rings. The summed E-state index contributed by atoms with van der Waals surface area (Å²) >= 11 is 1.55. The highest BCUT2D eigenvalue weighted by molar-refractivity contribution is 7.19. The van der Waals surface area contributed by atoms with Gasteiger partial charge in [-0.25, -0.2) is 0 Å². The molecule has 72 valence electrons. The van der Waals surface area contributed by atoms with Crippen LogP contribution in [-0.2, 0) is 4.74 Å². The molecule has 0 spiro atoms. The van der Waals surface area contributed by atoms with Crippen LogP contribution in [0.4, 0.5) is 10.0 Å². The van der Waals surface area contributed by atoms with Crippen LogP contribution in [0.15, 0.2) is 12.1 Å². The molecule has 13 heavy (non-hydrogen) atoms. The Hall–Kier alpha value is -0.780. The number of ether oxygens (including phenoxy) is 1. The molecule has 1 aliphatic heterocycles. The zero-order valence-corrected chi connectivity index (χ0v) is 8.01. The van der Waals surface area contributed by atoms with Gasteiger partial charge in [-0.2, -0.15) is 0 Å². The average Bonchev–Trinajstić information content (AvgIpc) is 2.67. The Labute approximate surface area is 80.7 Å². The largest absolute Gasteiger partial charge is 0.378 e. The molecule has 2 heterocycles. The third-order valence-corrected chi connectivity index (χ3v) is 3.08. The highest BCUT2D eigenvalue weighted by Gasteiger charge is 2.12. The number of nitrogens with zero attached hydrogens (tertiary/aromatic N) is 1. The van der Waals surface area contributed by atoms with Crippen molar-refractivity contribution < 1.29 is 9.94 Å². The molecule has 1 aromatic heterocycles. The minimum absolute atomic E-state index is 0.779. The van der Waals surface area contributed by atoms with Crippen LogP contribution in [0, 0.1) is 0 Å². The van der Waals surface area contributed by atoms with Crippen molar-refractivity contribution in [3.8, 4) is 0 Å². The molecular formula is C8H12N2O2S. The highest BCUT2D eigenvalue weighted by atomic mass is 32.1. The van der Waals surface area contributed by atoms with Gasteiger partial charge in [0.1, 0.15) is 5.00 Å². The first-order chi connectivity index (χ1) is 6.40. The monoisotopic (exact) mass is 200 g/mol. The molecule has 0 unspecified atom stereocenters. The van der Waals surface area contributed by atoms with Crippen LogP contribution in [0.25, 0.3) is 0 Å². The lowest BCUT2D eigenvalue weighted by molar-refractivity contribution is 0.123. The van der Waals surface area contributed by atoms with Crippen molar-refractivity contribution in [3.63, 3.8) is 0 Å². The van der Waals surface area contributed by atoms with Crippen LogP contribution < -0.4 is 10.4 Å². The van der Waals surface area contributed by atoms with E-state index in [9.17, 15) is 0 Å². The van der Waals surface area contributed by atoms with Crippen molar-refractivity contribution in [2.24, 2.45) is 0 Å². The zero-order valence-electron chi connectivity index (χ0n) is 7.19. The molecule has 0 radical (unpaired) electrons. The van der Waals surface area contributed by atoms with Gasteiger partial charge in [0.2, 0.25) is 0 Å². The van der Waals surface area contributed by atoms with E-state index in [1.54, 1.807) is 11.3 Å². The fourth-order valence-electron chi connectivity index (χ4n) is 1.34. The van der Waals surface area contributed by atoms with E-state index >= 15 is 0 Å². The van der Waals surface area contributed by atoms with Gasteiger partial charge in [-0.15, -0.1) is 0 Å². The van der Waals surface area contributed by atoms with Crippen molar-refractivity contribution in [2.75, 3.05) is 36.7 Å². The van der Waals surface area contributed by atoms with Crippen molar-refractivity contribution in [2.45, 2.75) is 0 Å². The van der Waals surface area contributed by atoms with E-state index in [0.29, 0.717) is 0 Å². The maximum absolute atomic E-state index is 8.67. The van der Waals surface area contributed by atoms with E-state index in [-0.39, 0.29) is 0 Å². The lowest BCUT2D eigenvalue weighted by Crippen LogP contribution is -2.35. The molecule has 0 aromatic carbocycles. The summed E-state index contributed by atoms with van der Waals surface area (Å²) < 4.78 is 5.25. The fraction of sp³-hybridized carbons (Fsp3) is 0.500. The van der Waals surface area contributed by atoms with Crippen LogP contribution in [0.1, 0.15) is 0 Å². The molecule has 1 aliphatic rings. The van der Waals surface area contributed by atoms with Crippen LogP contribution in [0.2, 0.25) is 0 Å². The van der Waals surface area contributed by atoms with Gasteiger partial charge in [0.25, 0.3) is 0 Å². The zero-order chi connectivity index (χ0) is 9.10. The summed E-state index contributed by atoms with van der Waals surface area (Å²) in [5.41, 5.74) is 2.15. The van der Waals surface area contributed by atoms with E-state index in [0.717, 1.165) is 31.3 Å². The van der Waals surface area contributed by atoms with E-state index in [1.807, 2.05) is 12.1 Å². The van der Waals surface area contributed by atoms with E-state index in [4.69, 9.17) is 9.94 Å². The summed E-state index contributed by atoms with van der Waals surface area (Å²) in [7, 11) is 0. The molecular weight excluding hydrogens is 188 g/mol. The third-order valence-electron chi connectivity index (χ3n) is 2.02. The predicted octanol–water partition coefficient (Wildman–Crippen LogP) is 1.39. The molecule has 0 saturated carbocycles. The summed E-state index contributed by atoms with van der Waals surface area (Å²) in [4.78, 5) is 2.26. The first kappa shape index (κ1) is 8.80. The molecule has 0 bridgehead atoms. The highest BCUT2D eigenvalue weighted by Crippen LogP contribution is 2.29. The molecule has 2 rings (SSSR count). The van der Waals surface area contributed by atoms with Crippen molar-refractivity contribution >= 4 is 21.3 Å². The second kappa shape index (κ2) is 3.95. The Morgan fingerprint density at radius 3 is 2.77 bits per heavy atom. The molecule has 4 nitrogen and oxygen atoms in total. The SMILES string of the molecule is ONc1ccc(N2CCOCC2)s1. The van der Waals surface area contributed by atoms with E-state index in [1.165, 1.54) is 5.00 Å². The molecule has 2 N–H and O–H groups in total. The fourth-order valence-corrected chi connectivity index (χ4v) is 2.20. The molecule has 0 atom stereocenters. The Balaban J connectivity index is 2.05. The Morgan fingerprint density at radius 2 is 2.15 bits per heavy atom. The Bertz CT molecular complexity index is 271. The smallest absolute Gasteiger partial charge is 0.115 e. The van der Waals surface area contributed by atoms with Crippen LogP contribution in [0.3, 0.4) is 0 Å². The second-order valence-corrected chi connectivity index (χ2v) is 3.91. The normalized spacial score (nSPS) is 17.5. The van der Waals surface area contributed by atoms with Gasteiger partial charge in [0.15, 0.2) is 0 Å². The third kappa shape index (κ3) is 1.93. The van der Waals surface area contributed by atoms with Gasteiger partial charge in [0, 0.05) is 13.1 Å². The van der Waals surface area contributed by atoms with Gasteiger partial charge < -0.3 is 9.64 Å². The van der Waals surface area contributed by atoms with Crippen molar-refractivity contribution in [1.29, 1.82) is 0 Å². The number of rotatable bonds is 2. The van der Waals surface area contributed by atoms with E-state index in [2.05, 4.69) is 10.4 Å². The number of morpholine rings is 1. The van der Waals surface area contributed by atoms with Gasteiger partial charge in [-0.3, -0.25) is 10.7 Å². The van der Waals surface area contributed by atoms with Crippen LogP contribution >= 0.6 is 11.3 Å². The van der Waals surface area contributed by atoms with Crippen molar-refractivity contribution in [1.82, 2.24) is 0 Å². The molecule has 1 aromatic rings. The first-order valence-electron chi connectivity index (χ1n) is 4.23. The summed E-state index contributed by atoms with van der Waals surface area (Å²) in [5, 5.41) is 10.6. The first-order valence-corrected chi connectivity index (χ1v) is 5.04. The average molecular weight is 200 g/mol. The maximum Gasteiger partial charge on any atom is 0.115 e. The lowest BCUT2D eigenvalue weighted by Gasteiger charge is -2.27. The molecule has 0 aliphatic carbocycles. The molecule has 0 amide bonds. The summed E-state index contributed by atoms with van der Waals surface area (Å²) in [6.07, 6.45) is 0. The summed E-state index contributed by atoms with van der Waals surface area (Å²) in [6.45, 7) is 3.45. The van der Waals surface area contributed by atoms with Crippen LogP contribution in [0.5, 0.6) is 0 Å². The predicted molar refractivity (Wildman–Crippen MR) is 52.8 cm³/mol. The molecule has 5 heteroatoms. The minimum atomic E-state index is 0.779. The van der Waals surface area contributed by atoms with Gasteiger partial charge in [-0.05, 0) is 12.1 Å². The van der Waals surface area contributed by atoms with Gasteiger partial charge in [-0.1, -0.05) is 11.3 Å². The lowest BCUT2D eigenvalue weighted by atomic mass is 10.4. The number of anilines is 2. The number of hydrogen-bond acceptors (Lipinski definition) is 5. The van der Waals surface area contributed by atoms with Gasteiger partial charge in [0.05, 0.1) is 18.2 Å². The molecule has 1 saturated heterocycles. The summed E-state index contributed by atoms with van der Waals surface area (Å²) in [5.74, 6) is 0. The van der Waals surface area contributed by atoms with Crippen molar-refractivity contribution in [3.05, 3.63) is 12.1 Å². The van der Waals surface area contributed by atoms with E-state index < -0.39 is 0 Å². The Kier molecular flexibility index (Phi) is 2.68. The quantitative estimate of drug-likeness (QED) is 0.708. The van der Waals surface area contributed by atoms with Gasteiger partial charge >= 0.3 is 0 Å². The number of thiophene rings is 1. The Morgan fingerprint density at radius 1 is 1.38 bits per heavy atom.